The highest BCUT2D eigenvalue weighted by molar-refractivity contribution is 6.36. The molecule has 20 heavy (non-hydrogen) atoms. The average molecular weight is 334 g/mol. The molecule has 1 nitrogen and oxygen atoms in total. The van der Waals surface area contributed by atoms with Crippen LogP contribution in [0.15, 0.2) is 30.3 Å². The summed E-state index contributed by atoms with van der Waals surface area (Å²) in [7, 11) is 0. The van der Waals surface area contributed by atoms with Gasteiger partial charge in [0, 0.05) is 10.6 Å². The van der Waals surface area contributed by atoms with Gasteiger partial charge in [-0.1, -0.05) is 29.3 Å². The quantitative estimate of drug-likeness (QED) is 0.646. The summed E-state index contributed by atoms with van der Waals surface area (Å²) in [5.74, 6) is 0.418. The Morgan fingerprint density at radius 3 is 2.55 bits per heavy atom. The number of rotatable bonds is 4. The number of aryl methyl sites for hydroxylation is 1. The van der Waals surface area contributed by atoms with Gasteiger partial charge in [0.1, 0.15) is 18.2 Å². The molecule has 5 heteroatoms. The fraction of sp³-hybridized carbons (Fsp3) is 0.200. The lowest BCUT2D eigenvalue weighted by molar-refractivity contribution is 0.302. The van der Waals surface area contributed by atoms with Crippen molar-refractivity contribution >= 4 is 34.8 Å². The maximum atomic E-state index is 13.2. The van der Waals surface area contributed by atoms with Crippen LogP contribution in [0.25, 0.3) is 0 Å². The molecular formula is C15H12Cl3FO. The molecule has 0 saturated heterocycles. The second-order valence-corrected chi connectivity index (χ2v) is 5.48. The van der Waals surface area contributed by atoms with Crippen molar-refractivity contribution in [2.75, 3.05) is 0 Å². The van der Waals surface area contributed by atoms with Crippen molar-refractivity contribution in [3.05, 3.63) is 62.9 Å². The molecule has 0 atom stereocenters. The van der Waals surface area contributed by atoms with E-state index in [-0.39, 0.29) is 18.3 Å². The molecule has 2 aromatic rings. The summed E-state index contributed by atoms with van der Waals surface area (Å²) < 4.78 is 18.9. The number of hydrogen-bond donors (Lipinski definition) is 0. The predicted octanol–water partition coefficient (Wildman–Crippen LogP) is 5.76. The minimum Gasteiger partial charge on any atom is -0.487 e. The lowest BCUT2D eigenvalue weighted by Gasteiger charge is -2.13. The van der Waals surface area contributed by atoms with E-state index in [0.717, 1.165) is 11.1 Å². The molecule has 0 aromatic heterocycles. The molecule has 2 rings (SSSR count). The maximum absolute atomic E-state index is 13.2. The van der Waals surface area contributed by atoms with Crippen LogP contribution in [-0.2, 0) is 12.5 Å². The fourth-order valence-corrected chi connectivity index (χ4v) is 2.61. The Balaban J connectivity index is 2.25. The van der Waals surface area contributed by atoms with Crippen LogP contribution in [0.3, 0.4) is 0 Å². The monoisotopic (exact) mass is 332 g/mol. The molecular weight excluding hydrogens is 322 g/mol. The zero-order valence-electron chi connectivity index (χ0n) is 10.7. The van der Waals surface area contributed by atoms with Crippen molar-refractivity contribution < 1.29 is 9.13 Å². The Bertz CT molecular complexity index is 629. The summed E-state index contributed by atoms with van der Waals surface area (Å²) >= 11 is 17.9. The minimum atomic E-state index is -0.297. The van der Waals surface area contributed by atoms with Gasteiger partial charge in [0.15, 0.2) is 0 Å². The van der Waals surface area contributed by atoms with Crippen molar-refractivity contribution in [3.63, 3.8) is 0 Å². The van der Waals surface area contributed by atoms with Crippen LogP contribution in [0.5, 0.6) is 5.75 Å². The predicted molar refractivity (Wildman–Crippen MR) is 81.5 cm³/mol. The van der Waals surface area contributed by atoms with E-state index in [4.69, 9.17) is 39.5 Å². The van der Waals surface area contributed by atoms with Gasteiger partial charge in [-0.3, -0.25) is 0 Å². The topological polar surface area (TPSA) is 9.23 Å². The molecule has 0 aliphatic carbocycles. The zero-order chi connectivity index (χ0) is 14.7. The SMILES string of the molecule is Cc1ccc(F)cc1COc1c(Cl)cc(Cl)cc1CCl. The van der Waals surface area contributed by atoms with Crippen molar-refractivity contribution in [1.82, 2.24) is 0 Å². The Kier molecular flexibility index (Phi) is 5.14. The van der Waals surface area contributed by atoms with Crippen LogP contribution < -0.4 is 4.74 Å². The van der Waals surface area contributed by atoms with Crippen LogP contribution in [0.1, 0.15) is 16.7 Å². The van der Waals surface area contributed by atoms with E-state index < -0.39 is 0 Å². The standard InChI is InChI=1S/C15H12Cl3FO/c1-9-2-3-13(19)5-11(9)8-20-15-10(7-16)4-12(17)6-14(15)18/h2-6H,7-8H2,1H3. The molecule has 106 valence electrons. The Morgan fingerprint density at radius 1 is 1.10 bits per heavy atom. The first-order chi connectivity index (χ1) is 9.51. The van der Waals surface area contributed by atoms with Crippen LogP contribution in [0, 0.1) is 12.7 Å². The van der Waals surface area contributed by atoms with Gasteiger partial charge in [-0.25, -0.2) is 4.39 Å². The van der Waals surface area contributed by atoms with Crippen LogP contribution in [0.2, 0.25) is 10.0 Å². The van der Waals surface area contributed by atoms with E-state index in [1.165, 1.54) is 12.1 Å². The summed E-state index contributed by atoms with van der Waals surface area (Å²) in [6.45, 7) is 2.11. The second kappa shape index (κ2) is 6.66. The highest BCUT2D eigenvalue weighted by Crippen LogP contribution is 2.34. The van der Waals surface area contributed by atoms with Crippen molar-refractivity contribution in [3.8, 4) is 5.75 Å². The van der Waals surface area contributed by atoms with E-state index in [0.29, 0.717) is 21.4 Å². The van der Waals surface area contributed by atoms with Gasteiger partial charge in [0.25, 0.3) is 0 Å². The molecule has 2 aromatic carbocycles. The molecule has 0 unspecified atom stereocenters. The molecule has 0 N–H and O–H groups in total. The van der Waals surface area contributed by atoms with E-state index in [9.17, 15) is 4.39 Å². The number of hydrogen-bond acceptors (Lipinski definition) is 1. The summed E-state index contributed by atoms with van der Waals surface area (Å²) in [6, 6.07) is 7.86. The molecule has 0 bridgehead atoms. The van der Waals surface area contributed by atoms with Gasteiger partial charge in [0.2, 0.25) is 0 Å². The first-order valence-corrected chi connectivity index (χ1v) is 7.22. The first-order valence-electron chi connectivity index (χ1n) is 5.93. The summed E-state index contributed by atoms with van der Waals surface area (Å²) in [5, 5.41) is 0.891. The third-order valence-electron chi connectivity index (χ3n) is 2.91. The molecule has 0 heterocycles. The van der Waals surface area contributed by atoms with Crippen LogP contribution >= 0.6 is 34.8 Å². The lowest BCUT2D eigenvalue weighted by Crippen LogP contribution is -2.01. The highest BCUT2D eigenvalue weighted by Gasteiger charge is 2.11. The Labute approximate surface area is 132 Å². The Morgan fingerprint density at radius 2 is 1.85 bits per heavy atom. The smallest absolute Gasteiger partial charge is 0.142 e. The van der Waals surface area contributed by atoms with Gasteiger partial charge in [0.05, 0.1) is 10.9 Å². The molecule has 0 radical (unpaired) electrons. The second-order valence-electron chi connectivity index (χ2n) is 4.37. The van der Waals surface area contributed by atoms with Gasteiger partial charge in [-0.05, 0) is 42.3 Å². The van der Waals surface area contributed by atoms with Gasteiger partial charge >= 0.3 is 0 Å². The molecule has 0 saturated carbocycles. The average Bonchev–Trinajstić information content (AvgIpc) is 2.40. The summed E-state index contributed by atoms with van der Waals surface area (Å²) in [5.41, 5.74) is 2.42. The van der Waals surface area contributed by atoms with Crippen molar-refractivity contribution in [1.29, 1.82) is 0 Å². The molecule has 0 amide bonds. The van der Waals surface area contributed by atoms with E-state index in [1.807, 2.05) is 6.92 Å². The summed E-state index contributed by atoms with van der Waals surface area (Å²) in [4.78, 5) is 0. The zero-order valence-corrected chi connectivity index (χ0v) is 13.0. The highest BCUT2D eigenvalue weighted by atomic mass is 35.5. The first kappa shape index (κ1) is 15.4. The van der Waals surface area contributed by atoms with Crippen LogP contribution in [0.4, 0.5) is 4.39 Å². The minimum absolute atomic E-state index is 0.217. The van der Waals surface area contributed by atoms with Crippen molar-refractivity contribution in [2.24, 2.45) is 0 Å². The maximum Gasteiger partial charge on any atom is 0.142 e. The van der Waals surface area contributed by atoms with E-state index >= 15 is 0 Å². The third-order valence-corrected chi connectivity index (χ3v) is 3.70. The van der Waals surface area contributed by atoms with E-state index in [2.05, 4.69) is 0 Å². The molecule has 0 fully saturated rings. The normalized spacial score (nSPS) is 10.7. The summed E-state index contributed by atoms with van der Waals surface area (Å²) in [6.07, 6.45) is 0. The number of halogens is 4. The van der Waals surface area contributed by atoms with E-state index in [1.54, 1.807) is 18.2 Å². The molecule has 0 aliphatic rings. The van der Waals surface area contributed by atoms with Gasteiger partial charge < -0.3 is 4.74 Å². The number of alkyl halides is 1. The van der Waals surface area contributed by atoms with Gasteiger partial charge in [-0.2, -0.15) is 0 Å². The number of benzene rings is 2. The Hall–Kier alpha value is -0.960. The fourth-order valence-electron chi connectivity index (χ4n) is 1.82. The number of ether oxygens (including phenoxy) is 1. The molecule has 0 spiro atoms. The largest absolute Gasteiger partial charge is 0.487 e. The van der Waals surface area contributed by atoms with Crippen LogP contribution in [-0.4, -0.2) is 0 Å². The van der Waals surface area contributed by atoms with Gasteiger partial charge in [-0.15, -0.1) is 11.6 Å². The van der Waals surface area contributed by atoms with Crippen molar-refractivity contribution in [2.45, 2.75) is 19.4 Å². The third kappa shape index (κ3) is 3.57. The molecule has 0 aliphatic heterocycles. The lowest BCUT2D eigenvalue weighted by atomic mass is 10.1.